The zero-order valence-corrected chi connectivity index (χ0v) is 12.4. The molecule has 6 nitrogen and oxygen atoms in total. The van der Waals surface area contributed by atoms with Gasteiger partial charge in [-0.25, -0.2) is 4.79 Å². The van der Waals surface area contributed by atoms with Crippen molar-refractivity contribution in [3.05, 3.63) is 24.3 Å². The Labute approximate surface area is 129 Å². The Morgan fingerprint density at radius 2 is 2.19 bits per heavy atom. The molecule has 1 aromatic carbocycles. The van der Waals surface area contributed by atoms with Gasteiger partial charge in [0, 0.05) is 31.0 Å². The molecule has 0 spiro atoms. The maximum absolute atomic E-state index is 12.1. The second kappa shape index (κ2) is 6.78. The van der Waals surface area contributed by atoms with Crippen molar-refractivity contribution >= 4 is 35.7 Å². The molecule has 0 bridgehead atoms. The normalized spacial score (nSPS) is 20.9. The van der Waals surface area contributed by atoms with E-state index in [-0.39, 0.29) is 30.3 Å². The van der Waals surface area contributed by atoms with E-state index in [2.05, 4.69) is 16.0 Å². The Morgan fingerprint density at radius 3 is 2.86 bits per heavy atom. The summed E-state index contributed by atoms with van der Waals surface area (Å²) < 4.78 is 0. The first-order valence-corrected chi connectivity index (χ1v) is 6.91. The molecule has 2 heterocycles. The van der Waals surface area contributed by atoms with Crippen LogP contribution < -0.4 is 20.9 Å². The van der Waals surface area contributed by atoms with Gasteiger partial charge in [-0.15, -0.1) is 12.4 Å². The Kier molecular flexibility index (Phi) is 5.03. The smallest absolute Gasteiger partial charge is 0.321 e. The van der Waals surface area contributed by atoms with E-state index in [0.29, 0.717) is 13.1 Å². The molecular weight excluding hydrogens is 292 g/mol. The number of carbonyl (C=O) groups is 2. The van der Waals surface area contributed by atoms with Crippen LogP contribution in [0, 0.1) is 5.92 Å². The number of benzene rings is 1. The number of carbonyl (C=O) groups excluding carboxylic acids is 2. The van der Waals surface area contributed by atoms with Crippen LogP contribution in [0.1, 0.15) is 6.42 Å². The highest BCUT2D eigenvalue weighted by Gasteiger charge is 2.23. The minimum atomic E-state index is -0.0894. The number of amides is 3. The first kappa shape index (κ1) is 15.6. The Bertz CT molecular complexity index is 531. The van der Waals surface area contributed by atoms with E-state index < -0.39 is 0 Å². The number of nitrogens with one attached hydrogen (secondary N) is 3. The van der Waals surface area contributed by atoms with E-state index in [9.17, 15) is 9.59 Å². The molecule has 2 aliphatic rings. The summed E-state index contributed by atoms with van der Waals surface area (Å²) in [5, 5.41) is 8.87. The van der Waals surface area contributed by atoms with Crippen LogP contribution in [0.25, 0.3) is 0 Å². The van der Waals surface area contributed by atoms with Crippen molar-refractivity contribution < 1.29 is 9.59 Å². The van der Waals surface area contributed by atoms with E-state index in [0.717, 1.165) is 30.9 Å². The number of urea groups is 1. The van der Waals surface area contributed by atoms with Crippen molar-refractivity contribution in [1.29, 1.82) is 0 Å². The third-order valence-electron chi connectivity index (χ3n) is 3.71. The molecule has 2 aliphatic heterocycles. The summed E-state index contributed by atoms with van der Waals surface area (Å²) in [5.41, 5.74) is 1.54. The quantitative estimate of drug-likeness (QED) is 0.785. The third kappa shape index (κ3) is 3.46. The summed E-state index contributed by atoms with van der Waals surface area (Å²) in [5.74, 6) is 0.0757. The van der Waals surface area contributed by atoms with E-state index in [4.69, 9.17) is 0 Å². The lowest BCUT2D eigenvalue weighted by Gasteiger charge is -2.16. The molecule has 1 unspecified atom stereocenters. The molecule has 2 saturated heterocycles. The van der Waals surface area contributed by atoms with Gasteiger partial charge < -0.3 is 16.0 Å². The first-order chi connectivity index (χ1) is 9.74. The van der Waals surface area contributed by atoms with Crippen LogP contribution in [0.3, 0.4) is 0 Å². The van der Waals surface area contributed by atoms with Gasteiger partial charge in [0.25, 0.3) is 0 Å². The summed E-state index contributed by atoms with van der Waals surface area (Å²) in [6, 6.07) is 7.32. The summed E-state index contributed by atoms with van der Waals surface area (Å²) in [4.78, 5) is 25.4. The van der Waals surface area contributed by atoms with Gasteiger partial charge in [-0.2, -0.15) is 0 Å². The molecule has 3 N–H and O–H groups in total. The molecule has 0 aromatic heterocycles. The zero-order valence-electron chi connectivity index (χ0n) is 11.6. The summed E-state index contributed by atoms with van der Waals surface area (Å²) in [6.45, 7) is 2.94. The summed E-state index contributed by atoms with van der Waals surface area (Å²) in [6.07, 6.45) is 0.875. The molecule has 3 amide bonds. The van der Waals surface area contributed by atoms with Gasteiger partial charge in [0.05, 0.1) is 5.92 Å². The third-order valence-corrected chi connectivity index (χ3v) is 3.71. The maximum Gasteiger partial charge on any atom is 0.321 e. The SMILES string of the molecule is Cl.O=C(Nc1cccc(N2CCNC2=O)c1)C1CCNC1. The molecule has 0 aliphatic carbocycles. The average molecular weight is 311 g/mol. The molecule has 0 radical (unpaired) electrons. The van der Waals surface area contributed by atoms with Gasteiger partial charge in [-0.05, 0) is 31.2 Å². The lowest BCUT2D eigenvalue weighted by atomic mass is 10.1. The Balaban J connectivity index is 0.00000161. The van der Waals surface area contributed by atoms with Crippen molar-refractivity contribution in [3.8, 4) is 0 Å². The highest BCUT2D eigenvalue weighted by Crippen LogP contribution is 2.22. The predicted octanol–water partition coefficient (Wildman–Crippen LogP) is 1.19. The lowest BCUT2D eigenvalue weighted by molar-refractivity contribution is -0.119. The van der Waals surface area contributed by atoms with E-state index in [1.807, 2.05) is 24.3 Å². The van der Waals surface area contributed by atoms with Gasteiger partial charge >= 0.3 is 6.03 Å². The fourth-order valence-electron chi connectivity index (χ4n) is 2.59. The summed E-state index contributed by atoms with van der Waals surface area (Å²) in [7, 11) is 0. The molecule has 21 heavy (non-hydrogen) atoms. The van der Waals surface area contributed by atoms with E-state index >= 15 is 0 Å². The van der Waals surface area contributed by atoms with E-state index in [1.165, 1.54) is 0 Å². The van der Waals surface area contributed by atoms with Crippen LogP contribution in [-0.2, 0) is 4.79 Å². The monoisotopic (exact) mass is 310 g/mol. The second-order valence-corrected chi connectivity index (χ2v) is 5.11. The molecule has 1 aromatic rings. The Hall–Kier alpha value is -1.79. The average Bonchev–Trinajstić information content (AvgIpc) is 3.10. The van der Waals surface area contributed by atoms with Gasteiger partial charge in [0.2, 0.25) is 5.91 Å². The fraction of sp³-hybridized carbons (Fsp3) is 0.429. The topological polar surface area (TPSA) is 73.5 Å². The van der Waals surface area contributed by atoms with Crippen LogP contribution in [0.2, 0.25) is 0 Å². The minimum Gasteiger partial charge on any atom is -0.336 e. The van der Waals surface area contributed by atoms with Gasteiger partial charge in [0.15, 0.2) is 0 Å². The van der Waals surface area contributed by atoms with Gasteiger partial charge in [-0.3, -0.25) is 9.69 Å². The standard InChI is InChI=1S/C14H18N4O2.ClH/c19-13(10-4-5-15-9-10)17-11-2-1-3-12(8-11)18-7-6-16-14(18)20;/h1-3,8,10,15H,4-7,9H2,(H,16,20)(H,17,19);1H. The Morgan fingerprint density at radius 1 is 1.33 bits per heavy atom. The fourth-order valence-corrected chi connectivity index (χ4v) is 2.59. The molecule has 7 heteroatoms. The number of anilines is 2. The number of nitrogens with zero attached hydrogens (tertiary/aromatic N) is 1. The van der Waals surface area contributed by atoms with Crippen LogP contribution in [0.4, 0.5) is 16.2 Å². The molecule has 2 fully saturated rings. The van der Waals surface area contributed by atoms with Crippen LogP contribution in [0.5, 0.6) is 0 Å². The van der Waals surface area contributed by atoms with Crippen molar-refractivity contribution in [2.75, 3.05) is 36.4 Å². The molecule has 1 atom stereocenters. The van der Waals surface area contributed by atoms with Crippen molar-refractivity contribution in [2.45, 2.75) is 6.42 Å². The number of hydrogen-bond acceptors (Lipinski definition) is 3. The van der Waals surface area contributed by atoms with Crippen molar-refractivity contribution in [1.82, 2.24) is 10.6 Å². The minimum absolute atomic E-state index is 0. The molecule has 0 saturated carbocycles. The van der Waals surface area contributed by atoms with Gasteiger partial charge in [-0.1, -0.05) is 6.07 Å². The largest absolute Gasteiger partial charge is 0.336 e. The second-order valence-electron chi connectivity index (χ2n) is 5.11. The maximum atomic E-state index is 12.1. The predicted molar refractivity (Wildman–Crippen MR) is 84.0 cm³/mol. The molecular formula is C14H19ClN4O2. The number of hydrogen-bond donors (Lipinski definition) is 3. The lowest BCUT2D eigenvalue weighted by Crippen LogP contribution is -2.28. The van der Waals surface area contributed by atoms with Crippen LogP contribution in [-0.4, -0.2) is 38.1 Å². The summed E-state index contributed by atoms with van der Waals surface area (Å²) >= 11 is 0. The highest BCUT2D eigenvalue weighted by molar-refractivity contribution is 5.96. The highest BCUT2D eigenvalue weighted by atomic mass is 35.5. The van der Waals surface area contributed by atoms with Crippen molar-refractivity contribution in [2.24, 2.45) is 5.92 Å². The van der Waals surface area contributed by atoms with E-state index in [1.54, 1.807) is 4.90 Å². The zero-order chi connectivity index (χ0) is 13.9. The van der Waals surface area contributed by atoms with Crippen molar-refractivity contribution in [3.63, 3.8) is 0 Å². The van der Waals surface area contributed by atoms with Crippen LogP contribution >= 0.6 is 12.4 Å². The number of halogens is 1. The number of rotatable bonds is 3. The van der Waals surface area contributed by atoms with Crippen LogP contribution in [0.15, 0.2) is 24.3 Å². The molecule has 3 rings (SSSR count). The molecule has 114 valence electrons. The first-order valence-electron chi connectivity index (χ1n) is 6.91. The van der Waals surface area contributed by atoms with Gasteiger partial charge in [0.1, 0.15) is 0 Å².